The number of methoxy groups -OCH3 is 1. The Labute approximate surface area is 184 Å². The molecule has 2 aromatic heterocycles. The van der Waals surface area contributed by atoms with E-state index in [0.717, 1.165) is 28.3 Å². The van der Waals surface area contributed by atoms with Gasteiger partial charge in [-0.2, -0.15) is 0 Å². The van der Waals surface area contributed by atoms with E-state index in [1.165, 1.54) is 19.2 Å². The minimum atomic E-state index is -3.81. The summed E-state index contributed by atoms with van der Waals surface area (Å²) in [7, 11) is -2.28. The highest BCUT2D eigenvalue weighted by atomic mass is 32.2. The summed E-state index contributed by atoms with van der Waals surface area (Å²) < 4.78 is 49.4. The molecule has 160 valence electrons. The Morgan fingerprint density at radius 1 is 1.16 bits per heavy atom. The van der Waals surface area contributed by atoms with Crippen LogP contribution in [0, 0.1) is 12.7 Å². The van der Waals surface area contributed by atoms with Crippen LogP contribution in [0.1, 0.15) is 16.8 Å². The predicted octanol–water partition coefficient (Wildman–Crippen LogP) is 4.78. The Kier molecular flexibility index (Phi) is 5.79. The molecule has 0 saturated carbocycles. The van der Waals surface area contributed by atoms with Crippen LogP contribution in [0.2, 0.25) is 0 Å². The predicted molar refractivity (Wildman–Crippen MR) is 119 cm³/mol. The van der Waals surface area contributed by atoms with Gasteiger partial charge in [0.25, 0.3) is 10.0 Å². The Balaban J connectivity index is 1.59. The molecular weight excluding hydrogens is 437 g/mol. The number of anilines is 1. The molecule has 0 aliphatic rings. The zero-order valence-electron chi connectivity index (χ0n) is 16.9. The normalized spacial score (nSPS) is 11.5. The molecule has 0 bridgehead atoms. The number of aromatic nitrogens is 2. The molecule has 0 aliphatic heterocycles. The highest BCUT2D eigenvalue weighted by Crippen LogP contribution is 2.31. The Morgan fingerprint density at radius 3 is 2.61 bits per heavy atom. The van der Waals surface area contributed by atoms with Crippen LogP contribution in [0.5, 0.6) is 5.75 Å². The average molecular weight is 458 g/mol. The number of halogens is 1. The number of thiophene rings is 1. The summed E-state index contributed by atoms with van der Waals surface area (Å²) in [5.74, 6) is 0.183. The van der Waals surface area contributed by atoms with Crippen molar-refractivity contribution >= 4 is 27.0 Å². The van der Waals surface area contributed by atoms with Crippen molar-refractivity contribution in [2.45, 2.75) is 17.6 Å². The Hall–Kier alpha value is -3.17. The monoisotopic (exact) mass is 457 g/mol. The van der Waals surface area contributed by atoms with Crippen molar-refractivity contribution in [3.05, 3.63) is 89.1 Å². The molecule has 2 heterocycles. The molecule has 0 radical (unpaired) electrons. The fourth-order valence-corrected chi connectivity index (χ4v) is 5.68. The van der Waals surface area contributed by atoms with E-state index in [4.69, 9.17) is 4.74 Å². The van der Waals surface area contributed by atoms with E-state index in [0.29, 0.717) is 23.4 Å². The van der Waals surface area contributed by atoms with Crippen molar-refractivity contribution < 1.29 is 17.5 Å². The van der Waals surface area contributed by atoms with Gasteiger partial charge in [-0.05, 0) is 60.2 Å². The number of rotatable bonds is 7. The second kappa shape index (κ2) is 8.52. The molecule has 0 aliphatic carbocycles. The van der Waals surface area contributed by atoms with Gasteiger partial charge >= 0.3 is 0 Å². The minimum absolute atomic E-state index is 0.227. The molecule has 6 nitrogen and oxygen atoms in total. The van der Waals surface area contributed by atoms with E-state index in [9.17, 15) is 12.8 Å². The summed E-state index contributed by atoms with van der Waals surface area (Å²) in [6, 6.07) is 12.9. The van der Waals surface area contributed by atoms with Gasteiger partial charge in [-0.3, -0.25) is 4.72 Å². The molecule has 4 rings (SSSR count). The van der Waals surface area contributed by atoms with Gasteiger partial charge < -0.3 is 9.30 Å². The van der Waals surface area contributed by atoms with Crippen molar-refractivity contribution in [1.82, 2.24) is 9.55 Å². The third-order valence-electron chi connectivity index (χ3n) is 4.68. The van der Waals surface area contributed by atoms with Crippen molar-refractivity contribution in [2.75, 3.05) is 11.8 Å². The van der Waals surface area contributed by atoms with Gasteiger partial charge in [0.1, 0.15) is 15.8 Å². The lowest BCUT2D eigenvalue weighted by atomic mass is 10.1. The zero-order chi connectivity index (χ0) is 22.0. The molecule has 4 aromatic rings. The maximum Gasteiger partial charge on any atom is 0.271 e. The van der Waals surface area contributed by atoms with Gasteiger partial charge in [0.2, 0.25) is 0 Å². The van der Waals surface area contributed by atoms with E-state index in [2.05, 4.69) is 9.71 Å². The summed E-state index contributed by atoms with van der Waals surface area (Å²) in [5.41, 5.74) is 3.48. The van der Waals surface area contributed by atoms with Gasteiger partial charge in [-0.25, -0.2) is 17.8 Å². The Morgan fingerprint density at radius 2 is 1.94 bits per heavy atom. The van der Waals surface area contributed by atoms with Crippen molar-refractivity contribution in [3.8, 4) is 11.4 Å². The topological polar surface area (TPSA) is 73.2 Å². The standard InChI is InChI=1S/C22H20FN3O3S2/c1-15-13-26(14-24-15)20-8-7-19(12-21(20)29-2)25-31(27,28)22-17(9-10-30-22)11-16-3-5-18(23)6-4-16/h3-10,12-14,25H,11H2,1-2H3. The number of nitrogens with one attached hydrogen (secondary N) is 1. The fraction of sp³-hybridized carbons (Fsp3) is 0.136. The summed E-state index contributed by atoms with van der Waals surface area (Å²) >= 11 is 1.14. The number of imidazole rings is 1. The van der Waals surface area contributed by atoms with Gasteiger partial charge in [-0.1, -0.05) is 12.1 Å². The van der Waals surface area contributed by atoms with E-state index < -0.39 is 10.0 Å². The Bertz CT molecular complexity index is 1310. The molecule has 0 spiro atoms. The van der Waals surface area contributed by atoms with Gasteiger partial charge in [0.05, 0.1) is 30.5 Å². The molecule has 0 amide bonds. The van der Waals surface area contributed by atoms with Crippen LogP contribution in [0.15, 0.2) is 70.6 Å². The first-order chi connectivity index (χ1) is 14.9. The van der Waals surface area contributed by atoms with Gasteiger partial charge in [-0.15, -0.1) is 11.3 Å². The smallest absolute Gasteiger partial charge is 0.271 e. The maximum absolute atomic E-state index is 13.2. The molecule has 1 N–H and O–H groups in total. The molecule has 2 aromatic carbocycles. The third kappa shape index (κ3) is 4.62. The second-order valence-corrected chi connectivity index (χ2v) is 9.74. The van der Waals surface area contributed by atoms with E-state index in [1.807, 2.05) is 17.7 Å². The van der Waals surface area contributed by atoms with E-state index in [-0.39, 0.29) is 10.0 Å². The van der Waals surface area contributed by atoms with E-state index in [1.54, 1.807) is 48.1 Å². The number of aryl methyl sites for hydroxylation is 1. The van der Waals surface area contributed by atoms with Crippen LogP contribution < -0.4 is 9.46 Å². The van der Waals surface area contributed by atoms with Gasteiger partial charge in [0, 0.05) is 12.3 Å². The van der Waals surface area contributed by atoms with Gasteiger partial charge in [0.15, 0.2) is 0 Å². The number of nitrogens with zero attached hydrogens (tertiary/aromatic N) is 2. The molecule has 9 heteroatoms. The van der Waals surface area contributed by atoms with Crippen molar-refractivity contribution in [3.63, 3.8) is 0 Å². The number of ether oxygens (including phenoxy) is 1. The quantitative estimate of drug-likeness (QED) is 0.433. The average Bonchev–Trinajstić information content (AvgIpc) is 3.39. The van der Waals surface area contributed by atoms with Crippen molar-refractivity contribution in [1.29, 1.82) is 0 Å². The number of hydrogen-bond acceptors (Lipinski definition) is 5. The summed E-state index contributed by atoms with van der Waals surface area (Å²) in [6.07, 6.45) is 3.92. The molecule has 0 saturated heterocycles. The summed E-state index contributed by atoms with van der Waals surface area (Å²) in [5, 5.41) is 1.73. The SMILES string of the molecule is COc1cc(NS(=O)(=O)c2sccc2Cc2ccc(F)cc2)ccc1-n1cnc(C)c1. The molecule has 0 fully saturated rings. The first-order valence-electron chi connectivity index (χ1n) is 9.38. The lowest BCUT2D eigenvalue weighted by Gasteiger charge is -2.13. The van der Waals surface area contributed by atoms with Crippen LogP contribution in [-0.2, 0) is 16.4 Å². The lowest BCUT2D eigenvalue weighted by Crippen LogP contribution is -2.13. The number of benzene rings is 2. The maximum atomic E-state index is 13.2. The van der Waals surface area contributed by atoms with Crippen LogP contribution in [0.3, 0.4) is 0 Å². The summed E-state index contributed by atoms with van der Waals surface area (Å²) in [6.45, 7) is 1.88. The van der Waals surface area contributed by atoms with Crippen molar-refractivity contribution in [2.24, 2.45) is 0 Å². The lowest BCUT2D eigenvalue weighted by molar-refractivity contribution is 0.413. The van der Waals surface area contributed by atoms with Crippen LogP contribution in [0.25, 0.3) is 5.69 Å². The van der Waals surface area contributed by atoms with Crippen LogP contribution in [0.4, 0.5) is 10.1 Å². The highest BCUT2D eigenvalue weighted by Gasteiger charge is 2.21. The summed E-state index contributed by atoms with van der Waals surface area (Å²) in [4.78, 5) is 4.21. The molecule has 0 atom stereocenters. The fourth-order valence-electron chi connectivity index (χ4n) is 3.22. The molecule has 0 unspecified atom stereocenters. The minimum Gasteiger partial charge on any atom is -0.494 e. The largest absolute Gasteiger partial charge is 0.494 e. The number of hydrogen-bond donors (Lipinski definition) is 1. The van der Waals surface area contributed by atoms with Crippen LogP contribution >= 0.6 is 11.3 Å². The third-order valence-corrected chi connectivity index (χ3v) is 7.63. The second-order valence-electron chi connectivity index (χ2n) is 6.95. The molecular formula is C22H20FN3O3S2. The first kappa shape index (κ1) is 21.1. The first-order valence-corrected chi connectivity index (χ1v) is 11.7. The zero-order valence-corrected chi connectivity index (χ0v) is 18.5. The van der Waals surface area contributed by atoms with E-state index >= 15 is 0 Å². The van der Waals surface area contributed by atoms with Crippen LogP contribution in [-0.4, -0.2) is 25.1 Å². The number of sulfonamides is 1. The highest BCUT2D eigenvalue weighted by molar-refractivity contribution is 7.94. The molecule has 31 heavy (non-hydrogen) atoms.